The number of aromatic nitrogens is 2. The van der Waals surface area contributed by atoms with Gasteiger partial charge >= 0.3 is 11.2 Å². The summed E-state index contributed by atoms with van der Waals surface area (Å²) in [6, 6.07) is 2.83. The van der Waals surface area contributed by atoms with E-state index in [0.29, 0.717) is 5.69 Å². The maximum Gasteiger partial charge on any atom is 0.334 e. The van der Waals surface area contributed by atoms with Crippen LogP contribution in [0.1, 0.15) is 37.2 Å². The number of hydrogen-bond acceptors (Lipinski definition) is 5. The molecule has 0 N–H and O–H groups in total. The zero-order chi connectivity index (χ0) is 15.8. The van der Waals surface area contributed by atoms with Gasteiger partial charge in [0.15, 0.2) is 0 Å². The number of nitro groups is 1. The Morgan fingerprint density at radius 3 is 2.57 bits per heavy atom. The molecule has 2 heterocycles. The zero-order valence-electron chi connectivity index (χ0n) is 12.4. The number of nitrogens with zero attached hydrogens (tertiary/aromatic N) is 3. The summed E-state index contributed by atoms with van der Waals surface area (Å²) >= 11 is 1.46. The van der Waals surface area contributed by atoms with Crippen LogP contribution in [0.5, 0.6) is 0 Å². The summed E-state index contributed by atoms with van der Waals surface area (Å²) in [6.07, 6.45) is 0. The molecule has 2 rings (SSSR count). The molecule has 0 atom stereocenters. The maximum absolute atomic E-state index is 12.1. The van der Waals surface area contributed by atoms with E-state index in [-0.39, 0.29) is 12.0 Å². The highest BCUT2D eigenvalue weighted by Crippen LogP contribution is 2.24. The summed E-state index contributed by atoms with van der Waals surface area (Å²) in [5.41, 5.74) is 0.578. The standard InChI is InChI=1S/C14H17N3O3S/c1-9-5-6-10(17(19)20)13(18)16(9)7-12-15-11(8-21-12)14(2,3)4/h5-6,8H,7H2,1-4H3. The lowest BCUT2D eigenvalue weighted by molar-refractivity contribution is -0.386. The molecule has 21 heavy (non-hydrogen) atoms. The van der Waals surface area contributed by atoms with Crippen LogP contribution in [0.15, 0.2) is 22.3 Å². The minimum atomic E-state index is -0.652. The van der Waals surface area contributed by atoms with E-state index < -0.39 is 16.2 Å². The Hall–Kier alpha value is -2.02. The van der Waals surface area contributed by atoms with Gasteiger partial charge in [-0.25, -0.2) is 4.98 Å². The SMILES string of the molecule is Cc1ccc([N+](=O)[O-])c(=O)n1Cc1nc(C(C)(C)C)cs1. The Labute approximate surface area is 126 Å². The first-order valence-electron chi connectivity index (χ1n) is 6.50. The topological polar surface area (TPSA) is 78.0 Å². The van der Waals surface area contributed by atoms with Gasteiger partial charge < -0.3 is 4.57 Å². The Bertz CT molecular complexity index is 741. The second kappa shape index (κ2) is 5.40. The van der Waals surface area contributed by atoms with Crippen LogP contribution in [-0.2, 0) is 12.0 Å². The van der Waals surface area contributed by atoms with Gasteiger partial charge in [0.25, 0.3) is 0 Å². The van der Waals surface area contributed by atoms with Gasteiger partial charge in [0, 0.05) is 22.6 Å². The molecule has 2 aromatic heterocycles. The van der Waals surface area contributed by atoms with E-state index in [4.69, 9.17) is 0 Å². The first-order chi connectivity index (χ1) is 9.70. The van der Waals surface area contributed by atoms with Crippen molar-refractivity contribution in [1.82, 2.24) is 9.55 Å². The summed E-state index contributed by atoms with van der Waals surface area (Å²) in [7, 11) is 0. The monoisotopic (exact) mass is 307 g/mol. The molecule has 0 bridgehead atoms. The third-order valence-electron chi connectivity index (χ3n) is 3.18. The Balaban J connectivity index is 2.40. The van der Waals surface area contributed by atoms with Gasteiger partial charge in [-0.3, -0.25) is 14.9 Å². The first-order valence-corrected chi connectivity index (χ1v) is 7.38. The second-order valence-electron chi connectivity index (χ2n) is 5.88. The smallest absolute Gasteiger partial charge is 0.300 e. The van der Waals surface area contributed by atoms with Crippen molar-refractivity contribution in [3.05, 3.63) is 54.4 Å². The summed E-state index contributed by atoms with van der Waals surface area (Å²) < 4.78 is 1.39. The average molecular weight is 307 g/mol. The van der Waals surface area contributed by atoms with Crippen molar-refractivity contribution >= 4 is 17.0 Å². The highest BCUT2D eigenvalue weighted by Gasteiger charge is 2.19. The first kappa shape index (κ1) is 15.4. The Morgan fingerprint density at radius 2 is 2.05 bits per heavy atom. The Morgan fingerprint density at radius 1 is 1.38 bits per heavy atom. The number of hydrogen-bond donors (Lipinski definition) is 0. The molecule has 0 aliphatic carbocycles. The van der Waals surface area contributed by atoms with Crippen LogP contribution in [0.2, 0.25) is 0 Å². The predicted molar refractivity (Wildman–Crippen MR) is 82.0 cm³/mol. The fraction of sp³-hybridized carbons (Fsp3) is 0.429. The minimum absolute atomic E-state index is 0.0581. The zero-order valence-corrected chi connectivity index (χ0v) is 13.2. The molecule has 0 spiro atoms. The summed E-state index contributed by atoms with van der Waals surface area (Å²) in [6.45, 7) is 8.21. The number of pyridine rings is 1. The normalized spacial score (nSPS) is 11.6. The lowest BCUT2D eigenvalue weighted by Gasteiger charge is -2.14. The van der Waals surface area contributed by atoms with Gasteiger partial charge in [0.1, 0.15) is 5.01 Å². The van der Waals surface area contributed by atoms with Crippen molar-refractivity contribution < 1.29 is 4.92 Å². The molecule has 2 aromatic rings. The molecule has 112 valence electrons. The molecule has 0 aromatic carbocycles. The van der Waals surface area contributed by atoms with Crippen molar-refractivity contribution in [3.63, 3.8) is 0 Å². The molecule has 7 heteroatoms. The van der Waals surface area contributed by atoms with E-state index in [9.17, 15) is 14.9 Å². The van der Waals surface area contributed by atoms with Crippen LogP contribution in [0.25, 0.3) is 0 Å². The minimum Gasteiger partial charge on any atom is -0.300 e. The third-order valence-corrected chi connectivity index (χ3v) is 4.02. The van der Waals surface area contributed by atoms with Crippen molar-refractivity contribution in [2.75, 3.05) is 0 Å². The van der Waals surface area contributed by atoms with Gasteiger partial charge in [-0.2, -0.15) is 0 Å². The molecular weight excluding hydrogens is 290 g/mol. The van der Waals surface area contributed by atoms with Crippen molar-refractivity contribution in [2.45, 2.75) is 39.7 Å². The average Bonchev–Trinajstić information content (AvgIpc) is 2.82. The molecule has 0 fully saturated rings. The third kappa shape index (κ3) is 3.18. The molecule has 0 saturated carbocycles. The summed E-state index contributed by atoms with van der Waals surface area (Å²) in [5.74, 6) is 0. The molecule has 0 unspecified atom stereocenters. The van der Waals surface area contributed by atoms with E-state index >= 15 is 0 Å². The molecular formula is C14H17N3O3S. The van der Waals surface area contributed by atoms with Gasteiger partial charge in [-0.15, -0.1) is 11.3 Å². The molecule has 0 saturated heterocycles. The van der Waals surface area contributed by atoms with Crippen LogP contribution >= 0.6 is 11.3 Å². The quantitative estimate of drug-likeness (QED) is 0.645. The highest BCUT2D eigenvalue weighted by atomic mass is 32.1. The van der Waals surface area contributed by atoms with Crippen LogP contribution < -0.4 is 5.56 Å². The van der Waals surface area contributed by atoms with Gasteiger partial charge in [-0.1, -0.05) is 20.8 Å². The molecule has 0 amide bonds. The number of thiazole rings is 1. The van der Waals surface area contributed by atoms with E-state index in [1.54, 1.807) is 13.0 Å². The molecule has 0 aliphatic rings. The van der Waals surface area contributed by atoms with Crippen LogP contribution in [0.3, 0.4) is 0 Å². The lowest BCUT2D eigenvalue weighted by atomic mass is 9.93. The number of rotatable bonds is 3. The summed E-state index contributed by atoms with van der Waals surface area (Å²) in [4.78, 5) is 26.9. The van der Waals surface area contributed by atoms with E-state index in [1.807, 2.05) is 5.38 Å². The van der Waals surface area contributed by atoms with E-state index in [1.165, 1.54) is 22.0 Å². The van der Waals surface area contributed by atoms with Crippen molar-refractivity contribution in [2.24, 2.45) is 0 Å². The van der Waals surface area contributed by atoms with Crippen molar-refractivity contribution in [1.29, 1.82) is 0 Å². The van der Waals surface area contributed by atoms with Gasteiger partial charge in [0.2, 0.25) is 0 Å². The lowest BCUT2D eigenvalue weighted by Crippen LogP contribution is -2.25. The molecule has 0 aliphatic heterocycles. The van der Waals surface area contributed by atoms with Crippen LogP contribution in [0.4, 0.5) is 5.69 Å². The van der Waals surface area contributed by atoms with Gasteiger partial charge in [-0.05, 0) is 13.0 Å². The predicted octanol–water partition coefficient (Wildman–Crippen LogP) is 2.87. The number of aryl methyl sites for hydroxylation is 1. The fourth-order valence-electron chi connectivity index (χ4n) is 1.86. The Kier molecular flexibility index (Phi) is 3.95. The van der Waals surface area contributed by atoms with Gasteiger partial charge in [0.05, 0.1) is 17.2 Å². The fourth-order valence-corrected chi connectivity index (χ4v) is 2.87. The second-order valence-corrected chi connectivity index (χ2v) is 6.83. The van der Waals surface area contributed by atoms with E-state index in [0.717, 1.165) is 10.7 Å². The van der Waals surface area contributed by atoms with Crippen LogP contribution in [-0.4, -0.2) is 14.5 Å². The maximum atomic E-state index is 12.1. The van der Waals surface area contributed by atoms with Crippen LogP contribution in [0, 0.1) is 17.0 Å². The largest absolute Gasteiger partial charge is 0.334 e. The molecule has 0 radical (unpaired) electrons. The summed E-state index contributed by atoms with van der Waals surface area (Å²) in [5, 5.41) is 13.6. The highest BCUT2D eigenvalue weighted by molar-refractivity contribution is 7.09. The van der Waals surface area contributed by atoms with E-state index in [2.05, 4.69) is 25.8 Å². The molecule has 6 nitrogen and oxygen atoms in total. The van der Waals surface area contributed by atoms with Crippen molar-refractivity contribution in [3.8, 4) is 0 Å².